The second-order valence-electron chi connectivity index (χ2n) is 4.82. The molecular weight excluding hydrogens is 368 g/mol. The maximum atomic E-state index is 11.4. The maximum absolute atomic E-state index is 11.4. The Balaban J connectivity index is 2.02. The van der Waals surface area contributed by atoms with E-state index in [4.69, 9.17) is 0 Å². The molecule has 0 heterocycles. The third-order valence-electron chi connectivity index (χ3n) is 3.16. The third-order valence-corrected chi connectivity index (χ3v) is 6.24. The summed E-state index contributed by atoms with van der Waals surface area (Å²) in [6.07, 6.45) is 1.23. The molecule has 0 aliphatic heterocycles. The summed E-state index contributed by atoms with van der Waals surface area (Å²) in [5.74, 6) is 1.39. The van der Waals surface area contributed by atoms with Gasteiger partial charge >= 0.3 is 0 Å². The molecule has 0 spiro atoms. The zero-order valence-corrected chi connectivity index (χ0v) is 14.9. The third kappa shape index (κ3) is 4.87. The zero-order chi connectivity index (χ0) is 15.3. The van der Waals surface area contributed by atoms with Crippen LogP contribution >= 0.6 is 27.7 Å². The van der Waals surface area contributed by atoms with Crippen molar-refractivity contribution in [3.63, 3.8) is 0 Å². The number of benzene rings is 2. The highest BCUT2D eigenvalue weighted by Crippen LogP contribution is 2.28. The van der Waals surface area contributed by atoms with E-state index in [1.54, 1.807) is 23.9 Å². The highest BCUT2D eigenvalue weighted by atomic mass is 79.9. The first-order valence-corrected chi connectivity index (χ1v) is 10.5. The minimum absolute atomic E-state index is 0.368. The molecule has 0 fully saturated rings. The number of sulfone groups is 1. The van der Waals surface area contributed by atoms with Gasteiger partial charge in [0.15, 0.2) is 9.84 Å². The van der Waals surface area contributed by atoms with Crippen LogP contribution in [0.5, 0.6) is 0 Å². The average Bonchev–Trinajstić information content (AvgIpc) is 2.48. The van der Waals surface area contributed by atoms with E-state index >= 15 is 0 Å². The van der Waals surface area contributed by atoms with E-state index in [-0.39, 0.29) is 0 Å². The van der Waals surface area contributed by atoms with Crippen molar-refractivity contribution in [2.24, 2.45) is 0 Å². The highest BCUT2D eigenvalue weighted by molar-refractivity contribution is 9.09. The molecule has 2 nitrogen and oxygen atoms in total. The Hall–Kier alpha value is -0.780. The lowest BCUT2D eigenvalue weighted by molar-refractivity contribution is 0.602. The van der Waals surface area contributed by atoms with Crippen molar-refractivity contribution in [2.45, 2.75) is 15.7 Å². The molecule has 0 saturated heterocycles. The van der Waals surface area contributed by atoms with E-state index in [1.807, 2.05) is 18.2 Å². The van der Waals surface area contributed by atoms with Crippen molar-refractivity contribution in [2.75, 3.05) is 17.3 Å². The Labute approximate surface area is 139 Å². The van der Waals surface area contributed by atoms with Gasteiger partial charge in [0.25, 0.3) is 0 Å². The molecule has 0 aliphatic carbocycles. The molecule has 0 saturated carbocycles. The molecule has 2 aromatic rings. The minimum Gasteiger partial charge on any atom is -0.224 e. The lowest BCUT2D eigenvalue weighted by Gasteiger charge is -2.14. The van der Waals surface area contributed by atoms with Gasteiger partial charge in [-0.25, -0.2) is 8.42 Å². The van der Waals surface area contributed by atoms with Crippen LogP contribution in [0.25, 0.3) is 0 Å². The number of alkyl halides is 1. The topological polar surface area (TPSA) is 34.1 Å². The highest BCUT2D eigenvalue weighted by Gasteiger charge is 2.11. The molecule has 0 radical (unpaired) electrons. The number of halogens is 1. The largest absolute Gasteiger partial charge is 0.224 e. The van der Waals surface area contributed by atoms with Crippen LogP contribution in [-0.4, -0.2) is 25.8 Å². The van der Waals surface area contributed by atoms with Gasteiger partial charge in [-0.2, -0.15) is 0 Å². The maximum Gasteiger partial charge on any atom is 0.175 e. The van der Waals surface area contributed by atoms with Gasteiger partial charge in [0.1, 0.15) is 0 Å². The fourth-order valence-corrected chi connectivity index (χ4v) is 4.50. The first kappa shape index (κ1) is 16.6. The molecule has 112 valence electrons. The van der Waals surface area contributed by atoms with Crippen molar-refractivity contribution >= 4 is 37.5 Å². The first-order valence-electron chi connectivity index (χ1n) is 6.54. The van der Waals surface area contributed by atoms with E-state index in [9.17, 15) is 8.42 Å². The Morgan fingerprint density at radius 3 is 2.19 bits per heavy atom. The summed E-state index contributed by atoms with van der Waals surface area (Å²) in [5.41, 5.74) is 1.31. The molecule has 2 aromatic carbocycles. The smallest absolute Gasteiger partial charge is 0.175 e. The summed E-state index contributed by atoms with van der Waals surface area (Å²) in [4.78, 5) is 1.45. The van der Waals surface area contributed by atoms with Crippen LogP contribution in [-0.2, 0) is 9.84 Å². The summed E-state index contributed by atoms with van der Waals surface area (Å²) in [5, 5.41) is 0.908. The van der Waals surface area contributed by atoms with Crippen LogP contribution in [0.2, 0.25) is 0 Å². The van der Waals surface area contributed by atoms with Crippen molar-refractivity contribution in [3.8, 4) is 0 Å². The summed E-state index contributed by atoms with van der Waals surface area (Å²) in [6, 6.07) is 17.5. The van der Waals surface area contributed by atoms with Crippen LogP contribution in [0.4, 0.5) is 0 Å². The van der Waals surface area contributed by atoms with Gasteiger partial charge in [-0.1, -0.05) is 46.3 Å². The van der Waals surface area contributed by atoms with E-state index in [2.05, 4.69) is 40.2 Å². The van der Waals surface area contributed by atoms with Gasteiger partial charge in [-0.3, -0.25) is 0 Å². The minimum atomic E-state index is -3.12. The molecule has 21 heavy (non-hydrogen) atoms. The Morgan fingerprint density at radius 2 is 1.67 bits per heavy atom. The summed E-state index contributed by atoms with van der Waals surface area (Å²) >= 11 is 5.31. The Morgan fingerprint density at radius 1 is 1.05 bits per heavy atom. The van der Waals surface area contributed by atoms with Crippen LogP contribution in [0.1, 0.15) is 11.5 Å². The van der Waals surface area contributed by atoms with Crippen molar-refractivity contribution in [3.05, 3.63) is 60.2 Å². The van der Waals surface area contributed by atoms with Crippen LogP contribution in [0, 0.1) is 0 Å². The number of hydrogen-bond donors (Lipinski definition) is 0. The summed E-state index contributed by atoms with van der Waals surface area (Å²) in [7, 11) is -3.12. The van der Waals surface area contributed by atoms with Crippen molar-refractivity contribution in [1.29, 1.82) is 0 Å². The van der Waals surface area contributed by atoms with E-state index in [0.717, 1.165) is 16.0 Å². The molecule has 2 rings (SSSR count). The van der Waals surface area contributed by atoms with E-state index < -0.39 is 9.84 Å². The van der Waals surface area contributed by atoms with Crippen LogP contribution < -0.4 is 0 Å². The van der Waals surface area contributed by atoms with Gasteiger partial charge in [-0.05, 0) is 29.8 Å². The Kier molecular flexibility index (Phi) is 5.90. The molecule has 0 N–H and O–H groups in total. The molecule has 5 heteroatoms. The molecule has 0 bridgehead atoms. The van der Waals surface area contributed by atoms with E-state index in [1.165, 1.54) is 11.8 Å². The number of rotatable bonds is 6. The predicted octanol–water partition coefficient (Wildman–Crippen LogP) is 4.36. The molecule has 0 aromatic heterocycles. The quantitative estimate of drug-likeness (QED) is 0.547. The van der Waals surface area contributed by atoms with Gasteiger partial charge in [0, 0.05) is 28.2 Å². The predicted molar refractivity (Wildman–Crippen MR) is 93.3 cm³/mol. The SMILES string of the molecule is CS(=O)(=O)c1ccc(SCC(CBr)c2ccccc2)cc1. The van der Waals surface area contributed by atoms with Gasteiger partial charge in [0.2, 0.25) is 0 Å². The average molecular weight is 385 g/mol. The fraction of sp³-hybridized carbons (Fsp3) is 0.250. The summed E-state index contributed by atoms with van der Waals surface area (Å²) < 4.78 is 22.9. The number of hydrogen-bond acceptors (Lipinski definition) is 3. The second-order valence-corrected chi connectivity index (χ2v) is 8.57. The summed E-state index contributed by atoms with van der Waals surface area (Å²) in [6.45, 7) is 0. The molecular formula is C16H17BrO2S2. The van der Waals surface area contributed by atoms with Gasteiger partial charge in [0.05, 0.1) is 4.90 Å². The second kappa shape index (κ2) is 7.47. The van der Waals surface area contributed by atoms with Gasteiger partial charge < -0.3 is 0 Å². The van der Waals surface area contributed by atoms with Crippen LogP contribution in [0.3, 0.4) is 0 Å². The zero-order valence-electron chi connectivity index (χ0n) is 11.7. The van der Waals surface area contributed by atoms with Crippen molar-refractivity contribution in [1.82, 2.24) is 0 Å². The van der Waals surface area contributed by atoms with E-state index in [0.29, 0.717) is 10.8 Å². The lowest BCUT2D eigenvalue weighted by Crippen LogP contribution is -2.03. The monoisotopic (exact) mass is 384 g/mol. The van der Waals surface area contributed by atoms with Crippen LogP contribution in [0.15, 0.2) is 64.4 Å². The molecule has 1 atom stereocenters. The van der Waals surface area contributed by atoms with Gasteiger partial charge in [-0.15, -0.1) is 11.8 Å². The lowest BCUT2D eigenvalue weighted by atomic mass is 10.0. The molecule has 0 aliphatic rings. The van der Waals surface area contributed by atoms with Crippen molar-refractivity contribution < 1.29 is 8.42 Å². The standard InChI is InChI=1S/C16H17BrO2S2/c1-21(18,19)16-9-7-15(8-10-16)20-12-14(11-17)13-5-3-2-4-6-13/h2-10,14H,11-12H2,1H3. The normalized spacial score (nSPS) is 13.0. The first-order chi connectivity index (χ1) is 10.0. The number of thioether (sulfide) groups is 1. The molecule has 0 amide bonds. The fourth-order valence-electron chi connectivity index (χ4n) is 1.93. The Bertz CT molecular complexity index is 667. The molecule has 1 unspecified atom stereocenters.